The standard InChI is InChI=1S/C18H21BrF2N2O3S/c1-17(2,3)26-16(24)23-15-22-8-10-9-25-5-4-18(10,27-15)11-6-12(19)14(21)7-13(11)20/h6-7,10H,4-5,8-9H2,1-3H3,(H,22,23,24). The molecule has 1 aromatic rings. The van der Waals surface area contributed by atoms with Crippen molar-refractivity contribution >= 4 is 39.0 Å². The van der Waals surface area contributed by atoms with Crippen molar-refractivity contribution in [1.29, 1.82) is 0 Å². The molecule has 1 saturated heterocycles. The van der Waals surface area contributed by atoms with Crippen molar-refractivity contribution < 1.29 is 23.0 Å². The van der Waals surface area contributed by atoms with Crippen molar-refractivity contribution in [2.45, 2.75) is 37.5 Å². The summed E-state index contributed by atoms with van der Waals surface area (Å²) >= 11 is 4.42. The first kappa shape index (κ1) is 20.5. The average molecular weight is 463 g/mol. The molecule has 2 aliphatic rings. The number of hydrogen-bond donors (Lipinski definition) is 1. The van der Waals surface area contributed by atoms with Crippen LogP contribution < -0.4 is 5.32 Å². The van der Waals surface area contributed by atoms with Gasteiger partial charge in [0.1, 0.15) is 17.2 Å². The molecule has 2 aliphatic heterocycles. The van der Waals surface area contributed by atoms with Crippen LogP contribution in [-0.2, 0) is 14.2 Å². The molecular weight excluding hydrogens is 442 g/mol. The molecular formula is C18H21BrF2N2O3S. The highest BCUT2D eigenvalue weighted by Crippen LogP contribution is 2.52. The molecule has 1 N–H and O–H groups in total. The van der Waals surface area contributed by atoms with Gasteiger partial charge in [0, 0.05) is 30.7 Å². The highest BCUT2D eigenvalue weighted by Gasteiger charge is 2.48. The normalized spacial score (nSPS) is 25.4. The maximum absolute atomic E-state index is 14.7. The first-order valence-electron chi connectivity index (χ1n) is 8.57. The average Bonchev–Trinajstić information content (AvgIpc) is 2.56. The second kappa shape index (κ2) is 7.67. The Morgan fingerprint density at radius 1 is 1.41 bits per heavy atom. The third-order valence-corrected chi connectivity index (χ3v) is 6.56. The van der Waals surface area contributed by atoms with Crippen LogP contribution in [0.2, 0.25) is 0 Å². The van der Waals surface area contributed by atoms with Crippen molar-refractivity contribution in [1.82, 2.24) is 5.32 Å². The van der Waals surface area contributed by atoms with E-state index in [1.165, 1.54) is 17.8 Å². The number of nitrogens with zero attached hydrogens (tertiary/aromatic N) is 1. The second-order valence-electron chi connectivity index (χ2n) is 7.53. The maximum Gasteiger partial charge on any atom is 0.413 e. The summed E-state index contributed by atoms with van der Waals surface area (Å²) in [7, 11) is 0. The number of rotatable bonds is 1. The van der Waals surface area contributed by atoms with Crippen molar-refractivity contribution in [2.24, 2.45) is 10.9 Å². The van der Waals surface area contributed by atoms with Gasteiger partial charge in [0.2, 0.25) is 0 Å². The molecule has 3 rings (SSSR count). The molecule has 0 aromatic heterocycles. The summed E-state index contributed by atoms with van der Waals surface area (Å²) in [5, 5.41) is 3.01. The molecule has 5 nitrogen and oxygen atoms in total. The summed E-state index contributed by atoms with van der Waals surface area (Å²) < 4.78 is 38.8. The number of carbonyl (C=O) groups is 1. The van der Waals surface area contributed by atoms with Crippen LogP contribution in [0.4, 0.5) is 13.6 Å². The van der Waals surface area contributed by atoms with E-state index in [9.17, 15) is 13.6 Å². The Morgan fingerprint density at radius 2 is 2.15 bits per heavy atom. The molecule has 148 valence electrons. The number of amidine groups is 1. The van der Waals surface area contributed by atoms with E-state index < -0.39 is 28.1 Å². The van der Waals surface area contributed by atoms with E-state index in [0.29, 0.717) is 36.9 Å². The molecule has 2 heterocycles. The summed E-state index contributed by atoms with van der Waals surface area (Å²) in [6.45, 7) is 6.53. The van der Waals surface area contributed by atoms with E-state index >= 15 is 0 Å². The van der Waals surface area contributed by atoms with Crippen LogP contribution >= 0.6 is 27.7 Å². The van der Waals surface area contributed by atoms with Crippen molar-refractivity contribution in [2.75, 3.05) is 19.8 Å². The molecule has 0 saturated carbocycles. The number of halogens is 3. The largest absolute Gasteiger partial charge is 0.444 e. The lowest BCUT2D eigenvalue weighted by Crippen LogP contribution is -2.48. The molecule has 0 aliphatic carbocycles. The second-order valence-corrected chi connectivity index (χ2v) is 9.71. The van der Waals surface area contributed by atoms with Crippen molar-refractivity contribution in [3.05, 3.63) is 33.8 Å². The number of amides is 1. The van der Waals surface area contributed by atoms with Gasteiger partial charge < -0.3 is 9.47 Å². The Bertz CT molecular complexity index is 785. The van der Waals surface area contributed by atoms with Crippen LogP contribution in [0.25, 0.3) is 0 Å². The number of hydrogen-bond acceptors (Lipinski definition) is 5. The van der Waals surface area contributed by atoms with Crippen molar-refractivity contribution in [3.63, 3.8) is 0 Å². The van der Waals surface area contributed by atoms with Crippen LogP contribution in [0.5, 0.6) is 0 Å². The van der Waals surface area contributed by atoms with E-state index in [1.54, 1.807) is 20.8 Å². The molecule has 9 heteroatoms. The number of fused-ring (bicyclic) bond motifs is 1. The topological polar surface area (TPSA) is 59.9 Å². The Morgan fingerprint density at radius 3 is 2.85 bits per heavy atom. The van der Waals surface area contributed by atoms with Gasteiger partial charge in [-0.3, -0.25) is 10.3 Å². The third-order valence-electron chi connectivity index (χ3n) is 4.40. The molecule has 2 atom stereocenters. The number of nitrogens with one attached hydrogen (secondary N) is 1. The minimum Gasteiger partial charge on any atom is -0.444 e. The minimum atomic E-state index is -0.704. The summed E-state index contributed by atoms with van der Waals surface area (Å²) in [6, 6.07) is 2.36. The smallest absolute Gasteiger partial charge is 0.413 e. The molecule has 1 amide bonds. The molecule has 0 bridgehead atoms. The van der Waals surface area contributed by atoms with Crippen LogP contribution in [0.15, 0.2) is 21.6 Å². The van der Waals surface area contributed by atoms with E-state index in [-0.39, 0.29) is 10.4 Å². The van der Waals surface area contributed by atoms with Gasteiger partial charge in [-0.2, -0.15) is 0 Å². The minimum absolute atomic E-state index is 0.0905. The fraction of sp³-hybridized carbons (Fsp3) is 0.556. The monoisotopic (exact) mass is 462 g/mol. The molecule has 1 aromatic carbocycles. The molecule has 2 unspecified atom stereocenters. The Balaban J connectivity index is 1.91. The van der Waals surface area contributed by atoms with Gasteiger partial charge in [-0.15, -0.1) is 0 Å². The predicted octanol–water partition coefficient (Wildman–Crippen LogP) is 4.59. The summed E-state index contributed by atoms with van der Waals surface area (Å²) in [6.07, 6.45) is -0.0954. The van der Waals surface area contributed by atoms with E-state index in [1.807, 2.05) is 0 Å². The number of ether oxygens (including phenoxy) is 2. The molecule has 0 spiro atoms. The zero-order valence-corrected chi connectivity index (χ0v) is 17.7. The zero-order chi connectivity index (χ0) is 19.8. The number of thioether (sulfide) groups is 1. The molecule has 0 radical (unpaired) electrons. The van der Waals surface area contributed by atoms with E-state index in [0.717, 1.165) is 6.07 Å². The highest BCUT2D eigenvalue weighted by atomic mass is 79.9. The Labute approximate surface area is 169 Å². The van der Waals surface area contributed by atoms with Crippen LogP contribution in [0.3, 0.4) is 0 Å². The SMILES string of the molecule is CC(C)(C)OC(=O)NC1=NCC2COCCC2(c2cc(Br)c(F)cc2F)S1. The number of benzene rings is 1. The van der Waals surface area contributed by atoms with E-state index in [2.05, 4.69) is 26.2 Å². The third kappa shape index (κ3) is 4.46. The number of carbonyl (C=O) groups excluding carboxylic acids is 1. The van der Waals surface area contributed by atoms with Gasteiger partial charge in [0.25, 0.3) is 0 Å². The highest BCUT2D eigenvalue weighted by molar-refractivity contribution is 9.10. The number of alkyl carbamates (subject to hydrolysis) is 1. The fourth-order valence-corrected chi connectivity index (χ4v) is 4.96. The lowest BCUT2D eigenvalue weighted by atomic mass is 9.81. The Hall–Kier alpha value is -1.19. The van der Waals surface area contributed by atoms with Gasteiger partial charge in [0.15, 0.2) is 5.17 Å². The Kier molecular flexibility index (Phi) is 5.84. The summed E-state index contributed by atoms with van der Waals surface area (Å²) in [5.41, 5.74) is -0.260. The van der Waals surface area contributed by atoms with Gasteiger partial charge >= 0.3 is 6.09 Å². The van der Waals surface area contributed by atoms with E-state index in [4.69, 9.17) is 9.47 Å². The van der Waals surface area contributed by atoms with Crippen molar-refractivity contribution in [3.8, 4) is 0 Å². The van der Waals surface area contributed by atoms with Crippen LogP contribution in [0, 0.1) is 17.6 Å². The fourth-order valence-electron chi connectivity index (χ4n) is 3.23. The van der Waals surface area contributed by atoms with Crippen LogP contribution in [0.1, 0.15) is 32.8 Å². The van der Waals surface area contributed by atoms with Gasteiger partial charge in [-0.05, 0) is 49.2 Å². The predicted molar refractivity (Wildman–Crippen MR) is 104 cm³/mol. The van der Waals surface area contributed by atoms with Gasteiger partial charge in [-0.1, -0.05) is 11.8 Å². The zero-order valence-electron chi connectivity index (χ0n) is 15.3. The maximum atomic E-state index is 14.7. The summed E-state index contributed by atoms with van der Waals surface area (Å²) in [4.78, 5) is 16.5. The molecule has 27 heavy (non-hydrogen) atoms. The van der Waals surface area contributed by atoms with Gasteiger partial charge in [0.05, 0.1) is 15.8 Å². The van der Waals surface area contributed by atoms with Crippen LogP contribution in [-0.4, -0.2) is 36.6 Å². The van der Waals surface area contributed by atoms with Gasteiger partial charge in [-0.25, -0.2) is 13.6 Å². The first-order chi connectivity index (χ1) is 12.6. The molecule has 1 fully saturated rings. The summed E-state index contributed by atoms with van der Waals surface area (Å²) in [5.74, 6) is -1.36. The number of aliphatic imine (C=N–C) groups is 1. The quantitative estimate of drug-likeness (QED) is 0.620. The lowest BCUT2D eigenvalue weighted by molar-refractivity contribution is 0.0316. The lowest BCUT2D eigenvalue weighted by Gasteiger charge is -2.45. The first-order valence-corrected chi connectivity index (χ1v) is 10.2.